The number of aromatic nitrogens is 3. The van der Waals surface area contributed by atoms with E-state index in [1.54, 1.807) is 0 Å². The van der Waals surface area contributed by atoms with Gasteiger partial charge in [0, 0.05) is 20.0 Å². The Labute approximate surface area is 185 Å². The van der Waals surface area contributed by atoms with Crippen molar-refractivity contribution in [2.45, 2.75) is 50.5 Å². The second-order valence-corrected chi connectivity index (χ2v) is 9.96. The molecular weight excluding hydrogens is 478 g/mol. The Balaban J connectivity index is 2.06. The van der Waals surface area contributed by atoms with Crippen molar-refractivity contribution in [3.05, 3.63) is 23.0 Å². The Morgan fingerprint density at radius 1 is 1.30 bits per heavy atom. The van der Waals surface area contributed by atoms with Crippen molar-refractivity contribution in [2.75, 3.05) is 24.7 Å². The molecule has 2 aromatic rings. The molecule has 182 valence electrons. The van der Waals surface area contributed by atoms with E-state index in [0.29, 0.717) is 11.4 Å². The smallest absolute Gasteiger partial charge is 0.347 e. The predicted octanol–water partition coefficient (Wildman–Crippen LogP) is 3.16. The predicted molar refractivity (Wildman–Crippen MR) is 105 cm³/mol. The maximum absolute atomic E-state index is 14.5. The van der Waals surface area contributed by atoms with Crippen molar-refractivity contribution in [2.24, 2.45) is 0 Å². The lowest BCUT2D eigenvalue weighted by Gasteiger charge is -2.33. The molecule has 15 heteroatoms. The van der Waals surface area contributed by atoms with Crippen LogP contribution in [0, 0.1) is 11.3 Å². The van der Waals surface area contributed by atoms with Crippen LogP contribution in [-0.2, 0) is 16.2 Å². The highest BCUT2D eigenvalue weighted by molar-refractivity contribution is 7.88. The summed E-state index contributed by atoms with van der Waals surface area (Å²) in [6.07, 6.45) is -5.06. The molecule has 0 aliphatic carbocycles. The average Bonchev–Trinajstić information content (AvgIpc) is 3.01. The highest BCUT2D eigenvalue weighted by Crippen LogP contribution is 2.43. The first-order valence-electron chi connectivity index (χ1n) is 9.68. The maximum atomic E-state index is 14.5. The van der Waals surface area contributed by atoms with E-state index in [9.17, 15) is 40.0 Å². The van der Waals surface area contributed by atoms with Crippen molar-refractivity contribution >= 4 is 21.5 Å². The van der Waals surface area contributed by atoms with E-state index in [1.165, 1.54) is 6.07 Å². The number of piperidine rings is 1. The molecule has 0 spiro atoms. The zero-order valence-corrected chi connectivity index (χ0v) is 18.5. The van der Waals surface area contributed by atoms with Crippen LogP contribution in [-0.4, -0.2) is 64.8 Å². The van der Waals surface area contributed by atoms with Crippen molar-refractivity contribution in [1.82, 2.24) is 18.9 Å². The minimum absolute atomic E-state index is 0.00878. The van der Waals surface area contributed by atoms with E-state index < -0.39 is 69.1 Å². The highest BCUT2D eigenvalue weighted by atomic mass is 32.2. The monoisotopic (exact) mass is 498 g/mol. The summed E-state index contributed by atoms with van der Waals surface area (Å²) >= 11 is 0. The van der Waals surface area contributed by atoms with Crippen LogP contribution in [0.2, 0.25) is 0 Å². The molecule has 1 unspecified atom stereocenters. The number of nitrogens with zero attached hydrogens (tertiary/aromatic N) is 5. The van der Waals surface area contributed by atoms with Gasteiger partial charge in [-0.15, -0.1) is 5.10 Å². The standard InChI is InChI=1S/C18H20F6N6O2S/c1-9(17(2,20)21)15-10(6-25)14(18(22,23)24)13-7-26-16(28-30(13)15)27-12-4-5-29(8-11(12)19)33(3,31)32/h7,9,11-12H,4-5,8H2,1-3H3,(H,27,28)/t9?,11-,12-/m1/s1. The number of hydrogen-bond acceptors (Lipinski definition) is 6. The van der Waals surface area contributed by atoms with Gasteiger partial charge in [0.2, 0.25) is 16.0 Å². The third-order valence-corrected chi connectivity index (χ3v) is 6.85. The largest absolute Gasteiger partial charge is 0.419 e. The first-order valence-corrected chi connectivity index (χ1v) is 11.5. The number of hydrogen-bond donors (Lipinski definition) is 1. The van der Waals surface area contributed by atoms with Gasteiger partial charge in [0.15, 0.2) is 0 Å². The molecule has 3 heterocycles. The van der Waals surface area contributed by atoms with Crippen LogP contribution in [0.5, 0.6) is 0 Å². The van der Waals surface area contributed by atoms with E-state index in [0.717, 1.165) is 23.7 Å². The minimum Gasteiger partial charge on any atom is -0.347 e. The number of rotatable bonds is 5. The lowest BCUT2D eigenvalue weighted by atomic mass is 9.96. The van der Waals surface area contributed by atoms with Gasteiger partial charge < -0.3 is 5.32 Å². The Bertz CT molecular complexity index is 1200. The number of nitriles is 1. The van der Waals surface area contributed by atoms with E-state index in [-0.39, 0.29) is 18.9 Å². The highest BCUT2D eigenvalue weighted by Gasteiger charge is 2.44. The number of alkyl halides is 6. The van der Waals surface area contributed by atoms with E-state index in [2.05, 4.69) is 15.4 Å². The first kappa shape index (κ1) is 25.0. The van der Waals surface area contributed by atoms with Gasteiger partial charge in [-0.05, 0) is 6.42 Å². The number of halogens is 6. The number of fused-ring (bicyclic) bond motifs is 1. The molecule has 0 bridgehead atoms. The summed E-state index contributed by atoms with van der Waals surface area (Å²) < 4.78 is 108. The number of anilines is 1. The number of sulfonamides is 1. The zero-order chi connectivity index (χ0) is 24.9. The molecule has 2 aromatic heterocycles. The SMILES string of the molecule is CC(c1c(C#N)c(C(F)(F)F)c2cnc(N[C@@H]3CCN(S(C)(=O)=O)C[C@H]3F)nn12)C(C)(F)F. The summed E-state index contributed by atoms with van der Waals surface area (Å²) in [4.78, 5) is 3.75. The van der Waals surface area contributed by atoms with E-state index in [4.69, 9.17) is 0 Å². The summed E-state index contributed by atoms with van der Waals surface area (Å²) in [6.45, 7) is 1.03. The minimum atomic E-state index is -5.04. The summed E-state index contributed by atoms with van der Waals surface area (Å²) in [5.41, 5.74) is -3.78. The summed E-state index contributed by atoms with van der Waals surface area (Å²) in [5.74, 6) is -5.65. The molecule has 1 aliphatic rings. The molecule has 3 atom stereocenters. The van der Waals surface area contributed by atoms with E-state index in [1.807, 2.05) is 0 Å². The topological polar surface area (TPSA) is 103 Å². The summed E-state index contributed by atoms with van der Waals surface area (Å²) in [6, 6.07) is 0.385. The van der Waals surface area contributed by atoms with Crippen molar-refractivity contribution in [3.8, 4) is 6.07 Å². The third kappa shape index (κ3) is 4.86. The molecule has 0 amide bonds. The quantitative estimate of drug-likeness (QED) is 0.636. The second kappa shape index (κ2) is 8.32. The van der Waals surface area contributed by atoms with Crippen LogP contribution in [0.1, 0.15) is 43.0 Å². The molecule has 0 radical (unpaired) electrons. The second-order valence-electron chi connectivity index (χ2n) is 7.98. The fraction of sp³-hybridized carbons (Fsp3) is 0.611. The molecule has 1 fully saturated rings. The van der Waals surface area contributed by atoms with E-state index >= 15 is 0 Å². The van der Waals surface area contributed by atoms with Gasteiger partial charge in [-0.1, -0.05) is 6.92 Å². The van der Waals surface area contributed by atoms with Crippen LogP contribution in [0.3, 0.4) is 0 Å². The van der Waals surface area contributed by atoms with Crippen LogP contribution >= 0.6 is 0 Å². The van der Waals surface area contributed by atoms with Gasteiger partial charge in [-0.2, -0.15) is 22.7 Å². The van der Waals surface area contributed by atoms with Gasteiger partial charge in [-0.3, -0.25) is 0 Å². The fourth-order valence-corrected chi connectivity index (χ4v) is 4.53. The van der Waals surface area contributed by atoms with Gasteiger partial charge in [-0.25, -0.2) is 31.1 Å². The van der Waals surface area contributed by atoms with Crippen LogP contribution < -0.4 is 5.32 Å². The fourth-order valence-electron chi connectivity index (χ4n) is 3.68. The molecule has 1 N–H and O–H groups in total. The summed E-state index contributed by atoms with van der Waals surface area (Å²) in [7, 11) is -3.61. The van der Waals surface area contributed by atoms with Crippen molar-refractivity contribution in [1.29, 1.82) is 5.26 Å². The average molecular weight is 498 g/mol. The molecule has 33 heavy (non-hydrogen) atoms. The Morgan fingerprint density at radius 2 is 1.94 bits per heavy atom. The molecule has 8 nitrogen and oxygen atoms in total. The van der Waals surface area contributed by atoms with Gasteiger partial charge in [0.05, 0.1) is 41.2 Å². The lowest BCUT2D eigenvalue weighted by Crippen LogP contribution is -2.49. The number of nitrogens with one attached hydrogen (secondary N) is 1. The Morgan fingerprint density at radius 3 is 2.42 bits per heavy atom. The molecule has 0 aromatic carbocycles. The lowest BCUT2D eigenvalue weighted by molar-refractivity contribution is -0.136. The van der Waals surface area contributed by atoms with Gasteiger partial charge in [0.1, 0.15) is 17.8 Å². The molecule has 0 saturated carbocycles. The maximum Gasteiger partial charge on any atom is 0.419 e. The van der Waals surface area contributed by atoms with Crippen LogP contribution in [0.15, 0.2) is 6.20 Å². The first-order chi connectivity index (χ1) is 15.1. The van der Waals surface area contributed by atoms with Crippen LogP contribution in [0.25, 0.3) is 5.52 Å². The third-order valence-electron chi connectivity index (χ3n) is 5.58. The van der Waals surface area contributed by atoms with Crippen molar-refractivity contribution < 1.29 is 34.8 Å². The molecule has 1 aliphatic heterocycles. The molecular formula is C18H20F6N6O2S. The van der Waals surface area contributed by atoms with Gasteiger partial charge in [0.25, 0.3) is 5.92 Å². The van der Waals surface area contributed by atoms with Crippen LogP contribution in [0.4, 0.5) is 32.3 Å². The Kier molecular flexibility index (Phi) is 6.31. The van der Waals surface area contributed by atoms with Gasteiger partial charge >= 0.3 is 6.18 Å². The zero-order valence-electron chi connectivity index (χ0n) is 17.7. The van der Waals surface area contributed by atoms with Crippen molar-refractivity contribution in [3.63, 3.8) is 0 Å². The molecule has 1 saturated heterocycles. The summed E-state index contributed by atoms with van der Waals surface area (Å²) in [5, 5.41) is 15.8. The normalized spacial score (nSPS) is 21.7. The molecule has 3 rings (SSSR count). The Hall–Kier alpha value is -2.60.